The molecule has 0 aliphatic carbocycles. The van der Waals surface area contributed by atoms with Gasteiger partial charge in [0.2, 0.25) is 5.95 Å². The zero-order valence-corrected chi connectivity index (χ0v) is 19.8. The molecule has 0 spiro atoms. The van der Waals surface area contributed by atoms with Crippen LogP contribution in [0.2, 0.25) is 0 Å². The Kier molecular flexibility index (Phi) is 5.93. The number of aromatic amines is 1. The summed E-state index contributed by atoms with van der Waals surface area (Å²) in [6.45, 7) is 4.64. The van der Waals surface area contributed by atoms with E-state index in [-0.39, 0.29) is 23.0 Å². The van der Waals surface area contributed by atoms with Gasteiger partial charge in [0.15, 0.2) is 0 Å². The van der Waals surface area contributed by atoms with Crippen LogP contribution in [-0.2, 0) is 9.59 Å². The number of benzene rings is 3. The lowest BCUT2D eigenvalue weighted by molar-refractivity contribution is -0.132. The molecule has 1 amide bonds. The van der Waals surface area contributed by atoms with E-state index >= 15 is 0 Å². The van der Waals surface area contributed by atoms with E-state index in [1.807, 2.05) is 32.0 Å². The average molecular weight is 484 g/mol. The van der Waals surface area contributed by atoms with Crippen molar-refractivity contribution in [2.45, 2.75) is 19.9 Å². The number of H-pyrrole nitrogens is 1. The summed E-state index contributed by atoms with van der Waals surface area (Å²) in [6, 6.07) is 19.2. The fourth-order valence-corrected chi connectivity index (χ4v) is 4.20. The van der Waals surface area contributed by atoms with Crippen molar-refractivity contribution in [2.75, 3.05) is 11.5 Å². The third-order valence-corrected chi connectivity index (χ3v) is 5.97. The number of para-hydroxylation sites is 2. The zero-order chi connectivity index (χ0) is 25.4. The number of phenols is 1. The minimum Gasteiger partial charge on any atom is -0.508 e. The highest BCUT2D eigenvalue weighted by atomic mass is 16.5. The Balaban J connectivity index is 1.62. The molecule has 3 N–H and O–H groups in total. The Bertz CT molecular complexity index is 1440. The quantitative estimate of drug-likeness (QED) is 0.203. The first-order chi connectivity index (χ1) is 17.3. The molecule has 0 radical (unpaired) electrons. The van der Waals surface area contributed by atoms with Gasteiger partial charge in [0, 0.05) is 5.56 Å². The maximum Gasteiger partial charge on any atom is 0.302 e. The van der Waals surface area contributed by atoms with Gasteiger partial charge >= 0.3 is 5.91 Å². The van der Waals surface area contributed by atoms with Crippen LogP contribution in [0.3, 0.4) is 0 Å². The van der Waals surface area contributed by atoms with E-state index in [9.17, 15) is 19.8 Å². The first kappa shape index (κ1) is 23.2. The highest BCUT2D eigenvalue weighted by Gasteiger charge is 2.48. The number of aromatic hydroxyl groups is 1. The topological polar surface area (TPSA) is 116 Å². The van der Waals surface area contributed by atoms with Gasteiger partial charge < -0.3 is 19.9 Å². The van der Waals surface area contributed by atoms with Crippen LogP contribution in [0.15, 0.2) is 78.4 Å². The first-order valence-electron chi connectivity index (χ1n) is 11.6. The van der Waals surface area contributed by atoms with E-state index < -0.39 is 17.7 Å². The number of aromatic nitrogens is 2. The molecule has 182 valence electrons. The van der Waals surface area contributed by atoms with Crippen LogP contribution >= 0.6 is 0 Å². The summed E-state index contributed by atoms with van der Waals surface area (Å²) in [5, 5.41) is 21.1. The van der Waals surface area contributed by atoms with Crippen LogP contribution in [0, 0.1) is 5.92 Å². The van der Waals surface area contributed by atoms with Crippen molar-refractivity contribution in [3.8, 4) is 11.5 Å². The molecule has 1 aliphatic rings. The molecule has 3 aromatic carbocycles. The van der Waals surface area contributed by atoms with E-state index in [1.165, 1.54) is 17.0 Å². The SMILES string of the molecule is CC(C)COc1ccc(/C(O)=C2\C(=O)C(=O)N(c3nc4ccccc4[nH]3)C2c2ccc(O)cc2)cc1. The molecular formula is C28H25N3O5. The minimum absolute atomic E-state index is 0.0384. The number of amides is 1. The first-order valence-corrected chi connectivity index (χ1v) is 11.6. The highest BCUT2D eigenvalue weighted by Crippen LogP contribution is 2.42. The van der Waals surface area contributed by atoms with Crippen molar-refractivity contribution < 1.29 is 24.5 Å². The van der Waals surface area contributed by atoms with Crippen LogP contribution < -0.4 is 9.64 Å². The van der Waals surface area contributed by atoms with Crippen LogP contribution in [0.4, 0.5) is 5.95 Å². The van der Waals surface area contributed by atoms with Gasteiger partial charge in [-0.1, -0.05) is 38.1 Å². The van der Waals surface area contributed by atoms with E-state index in [0.717, 1.165) is 0 Å². The lowest BCUT2D eigenvalue weighted by atomic mass is 9.95. The van der Waals surface area contributed by atoms with E-state index in [2.05, 4.69) is 9.97 Å². The number of aliphatic hydroxyl groups excluding tert-OH is 1. The number of carbonyl (C=O) groups is 2. The second-order valence-corrected chi connectivity index (χ2v) is 9.07. The Morgan fingerprint density at radius 1 is 1.03 bits per heavy atom. The van der Waals surface area contributed by atoms with E-state index in [1.54, 1.807) is 42.5 Å². The molecule has 1 saturated heterocycles. The lowest BCUT2D eigenvalue weighted by Gasteiger charge is -2.23. The van der Waals surface area contributed by atoms with Crippen molar-refractivity contribution in [2.24, 2.45) is 5.92 Å². The standard InChI is InChI=1S/C28H25N3O5/c1-16(2)15-36-20-13-9-18(10-14-20)25(33)23-24(17-7-11-19(32)12-8-17)31(27(35)26(23)34)28-29-21-5-3-4-6-22(21)30-28/h3-14,16,24,32-33H,15H2,1-2H3,(H,29,30)/b25-23+. The fraction of sp³-hybridized carbons (Fsp3) is 0.179. The number of ether oxygens (including phenoxy) is 1. The summed E-state index contributed by atoms with van der Waals surface area (Å²) in [4.78, 5) is 35.4. The molecule has 1 aromatic heterocycles. The number of hydrogen-bond donors (Lipinski definition) is 3. The van der Waals surface area contributed by atoms with E-state index in [0.29, 0.717) is 40.4 Å². The largest absolute Gasteiger partial charge is 0.508 e. The highest BCUT2D eigenvalue weighted by molar-refractivity contribution is 6.51. The predicted octanol–water partition coefficient (Wildman–Crippen LogP) is 4.93. The second kappa shape index (κ2) is 9.22. The van der Waals surface area contributed by atoms with Gasteiger partial charge in [-0.3, -0.25) is 14.5 Å². The summed E-state index contributed by atoms with van der Waals surface area (Å²) in [7, 11) is 0. The molecule has 0 bridgehead atoms. The van der Waals surface area contributed by atoms with Crippen LogP contribution in [-0.4, -0.2) is 38.5 Å². The molecule has 8 heteroatoms. The van der Waals surface area contributed by atoms with E-state index in [4.69, 9.17) is 4.74 Å². The minimum atomic E-state index is -0.956. The summed E-state index contributed by atoms with van der Waals surface area (Å²) in [5.41, 5.74) is 2.18. The molecule has 8 nitrogen and oxygen atoms in total. The normalized spacial score (nSPS) is 17.3. The van der Waals surface area contributed by atoms with Crippen LogP contribution in [0.25, 0.3) is 16.8 Å². The number of anilines is 1. The van der Waals surface area contributed by atoms with Crippen molar-refractivity contribution >= 4 is 34.4 Å². The van der Waals surface area contributed by atoms with Crippen molar-refractivity contribution in [3.05, 3.63) is 89.5 Å². The third-order valence-electron chi connectivity index (χ3n) is 5.97. The van der Waals surface area contributed by atoms with Crippen molar-refractivity contribution in [3.63, 3.8) is 0 Å². The van der Waals surface area contributed by atoms with Gasteiger partial charge in [0.1, 0.15) is 17.3 Å². The zero-order valence-electron chi connectivity index (χ0n) is 19.8. The number of nitrogens with zero attached hydrogens (tertiary/aromatic N) is 2. The molecule has 1 unspecified atom stereocenters. The molecule has 1 atom stereocenters. The summed E-state index contributed by atoms with van der Waals surface area (Å²) >= 11 is 0. The van der Waals surface area contributed by atoms with Crippen molar-refractivity contribution in [1.82, 2.24) is 9.97 Å². The third kappa shape index (κ3) is 4.17. The van der Waals surface area contributed by atoms with Gasteiger partial charge in [-0.2, -0.15) is 0 Å². The number of ketones is 1. The maximum absolute atomic E-state index is 13.3. The molecule has 4 aromatic rings. The van der Waals surface area contributed by atoms with Gasteiger partial charge in [-0.15, -0.1) is 0 Å². The Labute approximate surface area is 207 Å². The second-order valence-electron chi connectivity index (χ2n) is 9.07. The number of rotatable bonds is 6. The molecule has 2 heterocycles. The summed E-state index contributed by atoms with van der Waals surface area (Å²) in [6.07, 6.45) is 0. The number of hydrogen-bond acceptors (Lipinski definition) is 6. The molecule has 1 aliphatic heterocycles. The fourth-order valence-electron chi connectivity index (χ4n) is 4.20. The molecule has 5 rings (SSSR count). The maximum atomic E-state index is 13.3. The number of aliphatic hydroxyl groups is 1. The van der Waals surface area contributed by atoms with Crippen molar-refractivity contribution in [1.29, 1.82) is 0 Å². The van der Waals surface area contributed by atoms with Gasteiger partial charge in [0.25, 0.3) is 5.78 Å². The van der Waals surface area contributed by atoms with Crippen LogP contribution in [0.5, 0.6) is 11.5 Å². The molecular weight excluding hydrogens is 458 g/mol. The number of Topliss-reactive ketones (excluding diaryl/α,β-unsaturated/α-hetero) is 1. The monoisotopic (exact) mass is 483 g/mol. The number of imidazole rings is 1. The summed E-state index contributed by atoms with van der Waals surface area (Å²) < 4.78 is 5.71. The Morgan fingerprint density at radius 2 is 1.72 bits per heavy atom. The number of phenolic OH excluding ortho intramolecular Hbond substituents is 1. The number of nitrogens with one attached hydrogen (secondary N) is 1. The summed E-state index contributed by atoms with van der Waals surface area (Å²) in [5.74, 6) is -0.725. The average Bonchev–Trinajstić information content (AvgIpc) is 3.41. The number of fused-ring (bicyclic) bond motifs is 1. The Hall–Kier alpha value is -4.59. The predicted molar refractivity (Wildman–Crippen MR) is 136 cm³/mol. The smallest absolute Gasteiger partial charge is 0.302 e. The molecule has 36 heavy (non-hydrogen) atoms. The van der Waals surface area contributed by atoms with Crippen LogP contribution in [0.1, 0.15) is 31.0 Å². The van der Waals surface area contributed by atoms with Gasteiger partial charge in [0.05, 0.1) is 29.3 Å². The van der Waals surface area contributed by atoms with Gasteiger partial charge in [-0.25, -0.2) is 4.98 Å². The lowest BCUT2D eigenvalue weighted by Crippen LogP contribution is -2.30. The number of carbonyl (C=O) groups excluding carboxylic acids is 2. The molecule has 1 fully saturated rings. The van der Waals surface area contributed by atoms with Gasteiger partial charge in [-0.05, 0) is 60.0 Å². The Morgan fingerprint density at radius 3 is 2.39 bits per heavy atom. The molecule has 0 saturated carbocycles.